The van der Waals surface area contributed by atoms with Gasteiger partial charge in [0.25, 0.3) is 0 Å². The lowest BCUT2D eigenvalue weighted by Crippen LogP contribution is -2.26. The van der Waals surface area contributed by atoms with E-state index in [0.717, 1.165) is 0 Å². The summed E-state index contributed by atoms with van der Waals surface area (Å²) in [5.74, 6) is 0.302. The maximum absolute atomic E-state index is 10.5. The topological polar surface area (TPSA) is 66.3 Å². The lowest BCUT2D eigenvalue weighted by molar-refractivity contribution is -0.135. The van der Waals surface area contributed by atoms with Crippen LogP contribution < -0.4 is 4.90 Å². The third kappa shape index (κ3) is 2.66. The molecule has 0 bridgehead atoms. The monoisotopic (exact) mass is 259 g/mol. The number of aryl methyl sites for hydroxylation is 1. The third-order valence-corrected chi connectivity index (χ3v) is 2.14. The number of rotatable bonds is 3. The maximum Gasteiger partial charge on any atom is 0.323 e. The Hall–Kier alpha value is -1.17. The molecule has 0 radical (unpaired) electrons. The number of hydrogen-bond acceptors (Lipinski definition) is 4. The third-order valence-electron chi connectivity index (χ3n) is 1.58. The molecule has 0 atom stereocenters. The van der Waals surface area contributed by atoms with Crippen molar-refractivity contribution in [1.82, 2.24) is 9.97 Å². The lowest BCUT2D eigenvalue weighted by Gasteiger charge is -2.16. The molecule has 6 heteroatoms. The van der Waals surface area contributed by atoms with Gasteiger partial charge in [0, 0.05) is 13.2 Å². The Balaban J connectivity index is 2.93. The van der Waals surface area contributed by atoms with Crippen LogP contribution in [0.3, 0.4) is 0 Å². The number of carboxylic acid groups (broad SMARTS) is 1. The molecule has 0 amide bonds. The number of carboxylic acids is 1. The highest BCUT2D eigenvalue weighted by Crippen LogP contribution is 2.21. The van der Waals surface area contributed by atoms with Crippen LogP contribution in [0.15, 0.2) is 10.7 Å². The summed E-state index contributed by atoms with van der Waals surface area (Å²) >= 11 is 3.26. The molecule has 1 N–H and O–H groups in total. The summed E-state index contributed by atoms with van der Waals surface area (Å²) in [6.45, 7) is 1.67. The van der Waals surface area contributed by atoms with Crippen LogP contribution in [0.25, 0.3) is 0 Å². The Labute approximate surface area is 89.9 Å². The summed E-state index contributed by atoms with van der Waals surface area (Å²) in [5.41, 5.74) is 0. The van der Waals surface area contributed by atoms with E-state index in [9.17, 15) is 4.79 Å². The van der Waals surface area contributed by atoms with Gasteiger partial charge >= 0.3 is 5.97 Å². The van der Waals surface area contributed by atoms with Gasteiger partial charge in [-0.15, -0.1) is 0 Å². The number of nitrogens with zero attached hydrogens (tertiary/aromatic N) is 3. The first-order valence-electron chi connectivity index (χ1n) is 3.93. The normalized spacial score (nSPS) is 9.93. The number of aromatic nitrogens is 2. The van der Waals surface area contributed by atoms with Crippen molar-refractivity contribution >= 4 is 27.7 Å². The van der Waals surface area contributed by atoms with Crippen LogP contribution in [0.1, 0.15) is 5.82 Å². The summed E-state index contributed by atoms with van der Waals surface area (Å²) in [7, 11) is 1.67. The van der Waals surface area contributed by atoms with Crippen LogP contribution in [0.4, 0.5) is 5.82 Å². The standard InChI is InChI=1S/C8H10BrN3O2/c1-5-10-3-6(9)8(11-5)12(2)4-7(13)14/h3H,4H2,1-2H3,(H,13,14). The molecule has 0 aliphatic carbocycles. The minimum atomic E-state index is -0.893. The highest BCUT2D eigenvalue weighted by atomic mass is 79.9. The molecule has 76 valence electrons. The Morgan fingerprint density at radius 3 is 2.93 bits per heavy atom. The molecule has 1 aromatic heterocycles. The van der Waals surface area contributed by atoms with Gasteiger partial charge in [-0.25, -0.2) is 9.97 Å². The van der Waals surface area contributed by atoms with Gasteiger partial charge in [0.2, 0.25) is 0 Å². The highest BCUT2D eigenvalue weighted by Gasteiger charge is 2.11. The average molecular weight is 260 g/mol. The van der Waals surface area contributed by atoms with E-state index in [4.69, 9.17) is 5.11 Å². The van der Waals surface area contributed by atoms with Crippen molar-refractivity contribution in [3.8, 4) is 0 Å². The predicted octanol–water partition coefficient (Wildman–Crippen LogP) is 1.07. The number of halogens is 1. The highest BCUT2D eigenvalue weighted by molar-refractivity contribution is 9.10. The van der Waals surface area contributed by atoms with Crippen molar-refractivity contribution in [3.63, 3.8) is 0 Å². The fourth-order valence-corrected chi connectivity index (χ4v) is 1.48. The molecule has 0 saturated carbocycles. The van der Waals surface area contributed by atoms with Gasteiger partial charge in [0.1, 0.15) is 18.2 Å². The molecule has 1 heterocycles. The molecular weight excluding hydrogens is 250 g/mol. The number of likely N-dealkylation sites (N-methyl/N-ethyl adjacent to an activating group) is 1. The number of anilines is 1. The first-order valence-corrected chi connectivity index (χ1v) is 4.72. The minimum absolute atomic E-state index is 0.0882. The van der Waals surface area contributed by atoms with Crippen molar-refractivity contribution < 1.29 is 9.90 Å². The van der Waals surface area contributed by atoms with Gasteiger partial charge < -0.3 is 10.0 Å². The Bertz CT molecular complexity index is 356. The molecule has 0 spiro atoms. The van der Waals surface area contributed by atoms with Crippen LogP contribution in [-0.4, -0.2) is 34.6 Å². The van der Waals surface area contributed by atoms with E-state index >= 15 is 0 Å². The SMILES string of the molecule is Cc1ncc(Br)c(N(C)CC(=O)O)n1. The van der Waals surface area contributed by atoms with E-state index < -0.39 is 5.97 Å². The van der Waals surface area contributed by atoms with E-state index in [-0.39, 0.29) is 6.54 Å². The molecule has 0 fully saturated rings. The number of carbonyl (C=O) groups is 1. The van der Waals surface area contributed by atoms with Gasteiger partial charge in [0.15, 0.2) is 0 Å². The quantitative estimate of drug-likeness (QED) is 0.880. The van der Waals surface area contributed by atoms with Crippen LogP contribution in [0.5, 0.6) is 0 Å². The van der Waals surface area contributed by atoms with Gasteiger partial charge in [0.05, 0.1) is 4.47 Å². The van der Waals surface area contributed by atoms with Crippen molar-refractivity contribution in [3.05, 3.63) is 16.5 Å². The summed E-state index contributed by atoms with van der Waals surface area (Å²) in [4.78, 5) is 20.1. The Morgan fingerprint density at radius 1 is 1.71 bits per heavy atom. The maximum atomic E-state index is 10.5. The smallest absolute Gasteiger partial charge is 0.323 e. The fourth-order valence-electron chi connectivity index (χ4n) is 0.989. The predicted molar refractivity (Wildman–Crippen MR) is 55.4 cm³/mol. The second-order valence-corrected chi connectivity index (χ2v) is 3.69. The summed E-state index contributed by atoms with van der Waals surface area (Å²) < 4.78 is 0.687. The van der Waals surface area contributed by atoms with Crippen molar-refractivity contribution in [2.45, 2.75) is 6.92 Å². The average Bonchev–Trinajstić information content (AvgIpc) is 2.08. The van der Waals surface area contributed by atoms with Crippen LogP contribution in [0, 0.1) is 6.92 Å². The van der Waals surface area contributed by atoms with E-state index in [1.165, 1.54) is 0 Å². The largest absolute Gasteiger partial charge is 0.480 e. The molecular formula is C8H10BrN3O2. The molecule has 0 aliphatic rings. The first kappa shape index (κ1) is 10.9. The van der Waals surface area contributed by atoms with Crippen molar-refractivity contribution in [2.24, 2.45) is 0 Å². The zero-order chi connectivity index (χ0) is 10.7. The summed E-state index contributed by atoms with van der Waals surface area (Å²) in [6.07, 6.45) is 1.61. The second kappa shape index (κ2) is 4.36. The molecule has 0 saturated heterocycles. The Morgan fingerprint density at radius 2 is 2.36 bits per heavy atom. The molecule has 5 nitrogen and oxygen atoms in total. The first-order chi connectivity index (χ1) is 6.50. The fraction of sp³-hybridized carbons (Fsp3) is 0.375. The summed E-state index contributed by atoms with van der Waals surface area (Å²) in [5, 5.41) is 8.61. The van der Waals surface area contributed by atoms with Crippen molar-refractivity contribution in [1.29, 1.82) is 0 Å². The van der Waals surface area contributed by atoms with Gasteiger partial charge in [-0.3, -0.25) is 4.79 Å². The molecule has 0 unspecified atom stereocenters. The van der Waals surface area contributed by atoms with E-state index in [2.05, 4.69) is 25.9 Å². The van der Waals surface area contributed by atoms with E-state index in [1.54, 1.807) is 25.1 Å². The Kier molecular flexibility index (Phi) is 3.40. The molecule has 0 aliphatic heterocycles. The van der Waals surface area contributed by atoms with Gasteiger partial charge in [-0.1, -0.05) is 0 Å². The van der Waals surface area contributed by atoms with E-state index in [0.29, 0.717) is 16.1 Å². The molecule has 0 aromatic carbocycles. The van der Waals surface area contributed by atoms with Crippen LogP contribution in [0.2, 0.25) is 0 Å². The molecule has 1 rings (SSSR count). The number of hydrogen-bond donors (Lipinski definition) is 1. The second-order valence-electron chi connectivity index (χ2n) is 2.84. The van der Waals surface area contributed by atoms with Crippen LogP contribution in [-0.2, 0) is 4.79 Å². The number of aliphatic carboxylic acids is 1. The van der Waals surface area contributed by atoms with E-state index in [1.807, 2.05) is 0 Å². The zero-order valence-electron chi connectivity index (χ0n) is 7.86. The lowest BCUT2D eigenvalue weighted by atomic mass is 10.4. The zero-order valence-corrected chi connectivity index (χ0v) is 9.45. The molecule has 1 aromatic rings. The van der Waals surface area contributed by atoms with Gasteiger partial charge in [-0.05, 0) is 22.9 Å². The summed E-state index contributed by atoms with van der Waals surface area (Å²) in [6, 6.07) is 0. The van der Waals surface area contributed by atoms with Crippen molar-refractivity contribution in [2.75, 3.05) is 18.5 Å². The van der Waals surface area contributed by atoms with Gasteiger partial charge in [-0.2, -0.15) is 0 Å². The minimum Gasteiger partial charge on any atom is -0.480 e. The molecule has 14 heavy (non-hydrogen) atoms. The van der Waals surface area contributed by atoms with Crippen LogP contribution >= 0.6 is 15.9 Å².